The molecule has 2 fully saturated rings. The number of carbonyl (C=O) groups is 1. The second-order valence-corrected chi connectivity index (χ2v) is 8.92. The average Bonchev–Trinajstić information content (AvgIpc) is 2.98. The molecule has 4 heteroatoms. The molecule has 156 valence electrons. The van der Waals surface area contributed by atoms with E-state index in [2.05, 4.69) is 42.8 Å². The van der Waals surface area contributed by atoms with Crippen molar-refractivity contribution in [3.05, 3.63) is 59.5 Å². The van der Waals surface area contributed by atoms with Crippen LogP contribution in [0, 0.1) is 18.3 Å². The minimum atomic E-state index is 0. The summed E-state index contributed by atoms with van der Waals surface area (Å²) in [7, 11) is 0. The van der Waals surface area contributed by atoms with Crippen LogP contribution in [0.1, 0.15) is 64.8 Å². The van der Waals surface area contributed by atoms with Crippen molar-refractivity contribution in [2.24, 2.45) is 11.3 Å². The van der Waals surface area contributed by atoms with Crippen LogP contribution >= 0.6 is 0 Å². The van der Waals surface area contributed by atoms with Crippen LogP contribution in [0.25, 0.3) is 5.70 Å². The number of aromatic nitrogens is 2. The Morgan fingerprint density at radius 1 is 1.31 bits per heavy atom. The molecule has 2 aliphatic carbocycles. The van der Waals surface area contributed by atoms with Crippen LogP contribution in [0.5, 0.6) is 0 Å². The Bertz CT molecular complexity index is 885. The minimum Gasteiger partial charge on any atom is -0.338 e. The molecule has 1 aromatic heterocycles. The molecule has 0 bridgehead atoms. The van der Waals surface area contributed by atoms with Crippen molar-refractivity contribution < 1.29 is 4.79 Å². The minimum absolute atomic E-state index is 0. The highest BCUT2D eigenvalue weighted by Crippen LogP contribution is 2.56. The third-order valence-electron chi connectivity index (χ3n) is 6.49. The van der Waals surface area contributed by atoms with Crippen molar-refractivity contribution >= 4 is 11.6 Å². The maximum atomic E-state index is 12.5. The number of hydrogen-bond donors (Lipinski definition) is 0. The molecule has 1 saturated carbocycles. The summed E-state index contributed by atoms with van der Waals surface area (Å²) >= 11 is 0. The van der Waals surface area contributed by atoms with E-state index < -0.39 is 0 Å². The number of hydrogen-bond acceptors (Lipinski definition) is 2. The SMILES string of the molecule is C.C/C=C\C=C(/C)C(=O)N1CC2(CC(c3cc(C)nn3C3=CC=CCC3C)C2)C1. The van der Waals surface area contributed by atoms with Gasteiger partial charge >= 0.3 is 0 Å². The quantitative estimate of drug-likeness (QED) is 0.501. The van der Waals surface area contributed by atoms with Gasteiger partial charge in [-0.2, -0.15) is 5.10 Å². The largest absolute Gasteiger partial charge is 0.338 e. The van der Waals surface area contributed by atoms with Crippen LogP contribution in [0.2, 0.25) is 0 Å². The highest BCUT2D eigenvalue weighted by molar-refractivity contribution is 5.93. The fraction of sp³-hybridized carbons (Fsp3) is 0.520. The molecule has 4 nitrogen and oxygen atoms in total. The van der Waals surface area contributed by atoms with Gasteiger partial charge in [-0.3, -0.25) is 4.79 Å². The number of likely N-dealkylation sites (tertiary alicyclic amines) is 1. The Hall–Kier alpha value is -2.36. The zero-order chi connectivity index (χ0) is 19.9. The van der Waals surface area contributed by atoms with Crippen molar-refractivity contribution in [3.8, 4) is 0 Å². The summed E-state index contributed by atoms with van der Waals surface area (Å²) in [6, 6.07) is 2.26. The van der Waals surface area contributed by atoms with E-state index in [0.29, 0.717) is 17.3 Å². The maximum absolute atomic E-state index is 12.5. The van der Waals surface area contributed by atoms with Gasteiger partial charge in [-0.1, -0.05) is 44.7 Å². The Kier molecular flexibility index (Phi) is 6.02. The number of nitrogens with zero attached hydrogens (tertiary/aromatic N) is 3. The molecule has 1 atom stereocenters. The van der Waals surface area contributed by atoms with E-state index in [-0.39, 0.29) is 13.3 Å². The molecule has 1 aromatic rings. The van der Waals surface area contributed by atoms with Crippen LogP contribution in [0.3, 0.4) is 0 Å². The molecule has 1 amide bonds. The van der Waals surface area contributed by atoms with E-state index in [4.69, 9.17) is 5.10 Å². The second kappa shape index (κ2) is 8.17. The molecular weight excluding hydrogens is 358 g/mol. The van der Waals surface area contributed by atoms with E-state index in [1.165, 1.54) is 11.4 Å². The molecule has 0 N–H and O–H groups in total. The first kappa shape index (κ1) is 21.4. The maximum Gasteiger partial charge on any atom is 0.249 e. The summed E-state index contributed by atoms with van der Waals surface area (Å²) in [5, 5.41) is 4.81. The molecule has 1 aliphatic heterocycles. The lowest BCUT2D eigenvalue weighted by Gasteiger charge is -2.59. The number of carbonyl (C=O) groups excluding carboxylic acids is 1. The standard InChI is InChI=1S/C24H31N3O.CH4/c1-5-6-9-18(3)23(28)26-15-24(16-26)13-20(14-24)22-12-19(4)25-27(22)21-11-8-7-10-17(21)2;/h5-9,11-12,17,20H,10,13-16H2,1-4H3;1H4/b6-5-,18-9+;. The van der Waals surface area contributed by atoms with Crippen molar-refractivity contribution in [2.75, 3.05) is 13.1 Å². The molecule has 0 radical (unpaired) electrons. The second-order valence-electron chi connectivity index (χ2n) is 8.92. The summed E-state index contributed by atoms with van der Waals surface area (Å²) in [6.07, 6.45) is 15.8. The first-order chi connectivity index (χ1) is 13.4. The van der Waals surface area contributed by atoms with E-state index >= 15 is 0 Å². The molecule has 3 aliphatic rings. The van der Waals surface area contributed by atoms with Gasteiger partial charge in [-0.15, -0.1) is 0 Å². The van der Waals surface area contributed by atoms with Gasteiger partial charge in [-0.05, 0) is 52.2 Å². The number of allylic oxidation sites excluding steroid dienone is 7. The summed E-state index contributed by atoms with van der Waals surface area (Å²) in [4.78, 5) is 14.5. The van der Waals surface area contributed by atoms with Gasteiger partial charge < -0.3 is 4.90 Å². The lowest BCUT2D eigenvalue weighted by molar-refractivity contribution is -0.147. The topological polar surface area (TPSA) is 38.1 Å². The van der Waals surface area contributed by atoms with Crippen LogP contribution in [0.15, 0.2) is 48.1 Å². The van der Waals surface area contributed by atoms with Crippen molar-refractivity contribution in [1.82, 2.24) is 14.7 Å². The molecule has 29 heavy (non-hydrogen) atoms. The Morgan fingerprint density at radius 2 is 2.03 bits per heavy atom. The van der Waals surface area contributed by atoms with Crippen LogP contribution in [0.4, 0.5) is 0 Å². The zero-order valence-corrected chi connectivity index (χ0v) is 17.5. The lowest BCUT2D eigenvalue weighted by Crippen LogP contribution is -2.63. The third kappa shape index (κ3) is 3.90. The number of aryl methyl sites for hydroxylation is 1. The normalized spacial score (nSPS) is 23.6. The lowest BCUT2D eigenvalue weighted by atomic mass is 9.56. The molecule has 2 heterocycles. The fourth-order valence-electron chi connectivity index (χ4n) is 4.95. The van der Waals surface area contributed by atoms with E-state index in [1.807, 2.05) is 37.0 Å². The van der Waals surface area contributed by atoms with Crippen LogP contribution < -0.4 is 0 Å². The predicted octanol–water partition coefficient (Wildman–Crippen LogP) is 5.49. The van der Waals surface area contributed by atoms with E-state index in [0.717, 1.165) is 43.6 Å². The van der Waals surface area contributed by atoms with Gasteiger partial charge in [0.15, 0.2) is 0 Å². The molecule has 0 aromatic carbocycles. The van der Waals surface area contributed by atoms with Gasteiger partial charge in [-0.25, -0.2) is 4.68 Å². The Labute approximate surface area is 175 Å². The summed E-state index contributed by atoms with van der Waals surface area (Å²) in [6.45, 7) is 10.0. The molecule has 4 rings (SSSR count). The van der Waals surface area contributed by atoms with Crippen molar-refractivity contribution in [2.45, 2.75) is 60.3 Å². The Balaban J connectivity index is 0.00000240. The molecule has 1 unspecified atom stereocenters. The van der Waals surface area contributed by atoms with Crippen molar-refractivity contribution in [3.63, 3.8) is 0 Å². The predicted molar refractivity (Wildman–Crippen MR) is 120 cm³/mol. The smallest absolute Gasteiger partial charge is 0.249 e. The van der Waals surface area contributed by atoms with Gasteiger partial charge in [0, 0.05) is 47.3 Å². The van der Waals surface area contributed by atoms with Crippen LogP contribution in [-0.2, 0) is 4.79 Å². The van der Waals surface area contributed by atoms with Gasteiger partial charge in [0.05, 0.1) is 5.69 Å². The highest BCUT2D eigenvalue weighted by atomic mass is 16.2. The summed E-state index contributed by atoms with van der Waals surface area (Å²) < 4.78 is 2.20. The highest BCUT2D eigenvalue weighted by Gasteiger charge is 2.54. The molecule has 1 saturated heterocycles. The summed E-state index contributed by atoms with van der Waals surface area (Å²) in [5.74, 6) is 1.24. The first-order valence-corrected chi connectivity index (χ1v) is 10.4. The summed E-state index contributed by atoms with van der Waals surface area (Å²) in [5.41, 5.74) is 4.90. The average molecular weight is 394 g/mol. The van der Waals surface area contributed by atoms with Gasteiger partial charge in [0.1, 0.15) is 0 Å². The number of rotatable bonds is 4. The third-order valence-corrected chi connectivity index (χ3v) is 6.49. The monoisotopic (exact) mass is 393 g/mol. The molecule has 1 spiro atoms. The zero-order valence-electron chi connectivity index (χ0n) is 17.5. The Morgan fingerprint density at radius 3 is 2.69 bits per heavy atom. The van der Waals surface area contributed by atoms with E-state index in [9.17, 15) is 4.79 Å². The van der Waals surface area contributed by atoms with Gasteiger partial charge in [0.2, 0.25) is 5.91 Å². The first-order valence-electron chi connectivity index (χ1n) is 10.4. The van der Waals surface area contributed by atoms with Crippen LogP contribution in [-0.4, -0.2) is 33.7 Å². The molecular formula is C25H35N3O. The van der Waals surface area contributed by atoms with Gasteiger partial charge in [0.25, 0.3) is 0 Å². The van der Waals surface area contributed by atoms with Crippen molar-refractivity contribution in [1.29, 1.82) is 0 Å². The number of amides is 1. The fourth-order valence-corrected chi connectivity index (χ4v) is 4.95. The van der Waals surface area contributed by atoms with E-state index in [1.54, 1.807) is 0 Å².